The zero-order valence-corrected chi connectivity index (χ0v) is 13.2. The fourth-order valence-corrected chi connectivity index (χ4v) is 2.73. The Kier molecular flexibility index (Phi) is 7.03. The zero-order valence-electron chi connectivity index (χ0n) is 12.3. The largest absolute Gasteiger partial charge is 0.341 e. The van der Waals surface area contributed by atoms with Crippen LogP contribution in [0.15, 0.2) is 30.3 Å². The van der Waals surface area contributed by atoms with Crippen LogP contribution in [0, 0.1) is 0 Å². The minimum absolute atomic E-state index is 0. The van der Waals surface area contributed by atoms with Crippen LogP contribution >= 0.6 is 12.4 Å². The van der Waals surface area contributed by atoms with Crippen molar-refractivity contribution in [3.05, 3.63) is 35.9 Å². The lowest BCUT2D eigenvalue weighted by molar-refractivity contribution is -0.132. The van der Waals surface area contributed by atoms with Crippen LogP contribution in [0.2, 0.25) is 0 Å². The van der Waals surface area contributed by atoms with Gasteiger partial charge in [0.25, 0.3) is 0 Å². The lowest BCUT2D eigenvalue weighted by Gasteiger charge is -2.33. The number of nitrogens with zero attached hydrogens (tertiary/aromatic N) is 1. The number of hydrogen-bond donors (Lipinski definition) is 1. The first-order valence-corrected chi connectivity index (χ1v) is 7.20. The minimum atomic E-state index is 0. The highest BCUT2D eigenvalue weighted by molar-refractivity contribution is 5.85. The summed E-state index contributed by atoms with van der Waals surface area (Å²) in [6, 6.07) is 10.8. The summed E-state index contributed by atoms with van der Waals surface area (Å²) in [6.07, 6.45) is 2.89. The molecule has 1 aliphatic rings. The van der Waals surface area contributed by atoms with Gasteiger partial charge in [-0.3, -0.25) is 4.79 Å². The summed E-state index contributed by atoms with van der Waals surface area (Å²) in [5.74, 6) is 0.583. The number of rotatable bonds is 4. The number of likely N-dealkylation sites (N-methyl/N-ethyl adjacent to an activating group) is 1. The molecule has 112 valence electrons. The molecule has 1 saturated heterocycles. The molecule has 0 aliphatic carbocycles. The third kappa shape index (κ3) is 4.50. The Hall–Kier alpha value is -1.06. The number of halogens is 1. The van der Waals surface area contributed by atoms with Gasteiger partial charge in [0.2, 0.25) is 5.91 Å². The maximum Gasteiger partial charge on any atom is 0.223 e. The van der Waals surface area contributed by atoms with Crippen LogP contribution < -0.4 is 5.32 Å². The molecule has 2 unspecified atom stereocenters. The van der Waals surface area contributed by atoms with Crippen LogP contribution in [0.5, 0.6) is 0 Å². The van der Waals surface area contributed by atoms with Crippen molar-refractivity contribution < 1.29 is 4.79 Å². The Balaban J connectivity index is 0.00000200. The Morgan fingerprint density at radius 3 is 2.75 bits per heavy atom. The van der Waals surface area contributed by atoms with Crippen molar-refractivity contribution in [2.45, 2.75) is 38.1 Å². The molecule has 1 aliphatic heterocycles. The van der Waals surface area contributed by atoms with Crippen molar-refractivity contribution in [2.24, 2.45) is 0 Å². The summed E-state index contributed by atoms with van der Waals surface area (Å²) in [4.78, 5) is 14.4. The van der Waals surface area contributed by atoms with Gasteiger partial charge in [-0.2, -0.15) is 0 Å². The molecule has 1 N–H and O–H groups in total. The summed E-state index contributed by atoms with van der Waals surface area (Å²) >= 11 is 0. The van der Waals surface area contributed by atoms with Crippen LogP contribution in [-0.4, -0.2) is 37.0 Å². The predicted octanol–water partition coefficient (Wildman–Crippen LogP) is 2.81. The van der Waals surface area contributed by atoms with Gasteiger partial charge in [0.05, 0.1) is 0 Å². The molecule has 1 aromatic rings. The monoisotopic (exact) mass is 296 g/mol. The van der Waals surface area contributed by atoms with Gasteiger partial charge in [0.1, 0.15) is 0 Å². The zero-order chi connectivity index (χ0) is 13.7. The average Bonchev–Trinajstić information content (AvgIpc) is 2.48. The number of benzene rings is 1. The van der Waals surface area contributed by atoms with Crippen LogP contribution in [-0.2, 0) is 4.79 Å². The molecule has 0 aromatic heterocycles. The van der Waals surface area contributed by atoms with Gasteiger partial charge in [0, 0.05) is 25.6 Å². The Morgan fingerprint density at radius 1 is 1.40 bits per heavy atom. The molecule has 1 aromatic carbocycles. The topological polar surface area (TPSA) is 32.3 Å². The summed E-state index contributed by atoms with van der Waals surface area (Å²) in [5.41, 5.74) is 1.25. The first kappa shape index (κ1) is 17.0. The molecular weight excluding hydrogens is 272 g/mol. The van der Waals surface area contributed by atoms with E-state index < -0.39 is 0 Å². The molecule has 0 bridgehead atoms. The lowest BCUT2D eigenvalue weighted by atomic mass is 9.96. The van der Waals surface area contributed by atoms with Crippen molar-refractivity contribution in [3.63, 3.8) is 0 Å². The summed E-state index contributed by atoms with van der Waals surface area (Å²) in [7, 11) is 1.98. The molecule has 1 fully saturated rings. The Labute approximate surface area is 128 Å². The van der Waals surface area contributed by atoms with E-state index in [1.165, 1.54) is 12.0 Å². The van der Waals surface area contributed by atoms with E-state index >= 15 is 0 Å². The maximum absolute atomic E-state index is 12.3. The minimum Gasteiger partial charge on any atom is -0.341 e. The van der Waals surface area contributed by atoms with Crippen molar-refractivity contribution in [3.8, 4) is 0 Å². The molecule has 1 heterocycles. The molecule has 20 heavy (non-hydrogen) atoms. The summed E-state index contributed by atoms with van der Waals surface area (Å²) < 4.78 is 0. The standard InChI is InChI=1S/C16H24N2O.ClH/c1-13(14-7-4-3-5-8-14)11-16(19)18-10-6-9-15(12-18)17-2;/h3-5,7-8,13,15,17H,6,9-12H2,1-2H3;1H. The van der Waals surface area contributed by atoms with Crippen LogP contribution in [0.4, 0.5) is 0 Å². The Morgan fingerprint density at radius 2 is 2.10 bits per heavy atom. The van der Waals surface area contributed by atoms with Gasteiger partial charge >= 0.3 is 0 Å². The lowest BCUT2D eigenvalue weighted by Crippen LogP contribution is -2.47. The van der Waals surface area contributed by atoms with Gasteiger partial charge in [-0.25, -0.2) is 0 Å². The van der Waals surface area contributed by atoms with Crippen molar-refractivity contribution in [1.29, 1.82) is 0 Å². The third-order valence-corrected chi connectivity index (χ3v) is 4.03. The number of hydrogen-bond acceptors (Lipinski definition) is 2. The van der Waals surface area contributed by atoms with Crippen LogP contribution in [0.1, 0.15) is 37.7 Å². The van der Waals surface area contributed by atoms with E-state index in [0.29, 0.717) is 18.4 Å². The second kappa shape index (κ2) is 8.28. The highest BCUT2D eigenvalue weighted by Gasteiger charge is 2.23. The number of nitrogens with one attached hydrogen (secondary N) is 1. The molecule has 4 heteroatoms. The molecule has 1 amide bonds. The van der Waals surface area contributed by atoms with Crippen molar-refractivity contribution in [1.82, 2.24) is 10.2 Å². The molecule has 2 atom stereocenters. The first-order valence-electron chi connectivity index (χ1n) is 7.20. The highest BCUT2D eigenvalue weighted by atomic mass is 35.5. The normalized spacial score (nSPS) is 20.1. The van der Waals surface area contributed by atoms with Gasteiger partial charge in [-0.1, -0.05) is 37.3 Å². The second-order valence-electron chi connectivity index (χ2n) is 5.48. The number of carbonyl (C=O) groups excluding carboxylic acids is 1. The van der Waals surface area contributed by atoms with Crippen molar-refractivity contribution in [2.75, 3.05) is 20.1 Å². The molecule has 2 rings (SSSR count). The van der Waals surface area contributed by atoms with E-state index in [2.05, 4.69) is 24.4 Å². The third-order valence-electron chi connectivity index (χ3n) is 4.03. The Bertz CT molecular complexity index is 410. The number of carbonyl (C=O) groups is 1. The van der Waals surface area contributed by atoms with Gasteiger partial charge < -0.3 is 10.2 Å². The average molecular weight is 297 g/mol. The molecule has 0 spiro atoms. The smallest absolute Gasteiger partial charge is 0.223 e. The van der Waals surface area contributed by atoms with E-state index in [4.69, 9.17) is 0 Å². The van der Waals surface area contributed by atoms with Crippen LogP contribution in [0.3, 0.4) is 0 Å². The highest BCUT2D eigenvalue weighted by Crippen LogP contribution is 2.21. The quantitative estimate of drug-likeness (QED) is 0.927. The van der Waals surface area contributed by atoms with Crippen molar-refractivity contribution >= 4 is 18.3 Å². The summed E-state index contributed by atoms with van der Waals surface area (Å²) in [5, 5.41) is 3.28. The van der Waals surface area contributed by atoms with Gasteiger partial charge in [-0.15, -0.1) is 12.4 Å². The van der Waals surface area contributed by atoms with E-state index in [-0.39, 0.29) is 18.3 Å². The van der Waals surface area contributed by atoms with E-state index in [0.717, 1.165) is 19.5 Å². The molecule has 3 nitrogen and oxygen atoms in total. The number of amides is 1. The predicted molar refractivity (Wildman–Crippen MR) is 85.4 cm³/mol. The fourth-order valence-electron chi connectivity index (χ4n) is 2.73. The number of likely N-dealkylation sites (tertiary alicyclic amines) is 1. The summed E-state index contributed by atoms with van der Waals surface area (Å²) in [6.45, 7) is 3.90. The molecule has 0 radical (unpaired) electrons. The molecule has 0 saturated carbocycles. The van der Waals surface area contributed by atoms with Crippen LogP contribution in [0.25, 0.3) is 0 Å². The van der Waals surface area contributed by atoms with Gasteiger partial charge in [-0.05, 0) is 31.4 Å². The molecular formula is C16H25ClN2O. The second-order valence-corrected chi connectivity index (χ2v) is 5.48. The fraction of sp³-hybridized carbons (Fsp3) is 0.562. The number of piperidine rings is 1. The van der Waals surface area contributed by atoms with Gasteiger partial charge in [0.15, 0.2) is 0 Å². The van der Waals surface area contributed by atoms with E-state index in [1.807, 2.05) is 30.1 Å². The maximum atomic E-state index is 12.3. The SMILES string of the molecule is CNC1CCCN(C(=O)CC(C)c2ccccc2)C1.Cl. The van der Waals surface area contributed by atoms with E-state index in [1.54, 1.807) is 0 Å². The van der Waals surface area contributed by atoms with E-state index in [9.17, 15) is 4.79 Å². The first-order chi connectivity index (χ1) is 9.20.